The molecule has 0 saturated heterocycles. The first-order chi connectivity index (χ1) is 15.5. The van der Waals surface area contributed by atoms with Crippen molar-refractivity contribution in [3.63, 3.8) is 0 Å². The summed E-state index contributed by atoms with van der Waals surface area (Å²) in [6.45, 7) is 2.20. The second kappa shape index (κ2) is 9.08. The van der Waals surface area contributed by atoms with Crippen LogP contribution in [0.15, 0.2) is 83.7 Å². The molecule has 0 aliphatic rings. The number of halogens is 1. The van der Waals surface area contributed by atoms with Gasteiger partial charge in [-0.25, -0.2) is 0 Å². The van der Waals surface area contributed by atoms with E-state index in [1.165, 1.54) is 10.6 Å². The van der Waals surface area contributed by atoms with E-state index in [1.54, 1.807) is 66.7 Å². The maximum atomic E-state index is 13.0. The number of amides is 2. The van der Waals surface area contributed by atoms with Crippen molar-refractivity contribution in [2.24, 2.45) is 0 Å². The van der Waals surface area contributed by atoms with Gasteiger partial charge in [0.25, 0.3) is 17.4 Å². The Hall–Kier alpha value is -3.90. The van der Waals surface area contributed by atoms with E-state index in [0.717, 1.165) is 0 Å². The van der Waals surface area contributed by atoms with Crippen molar-refractivity contribution >= 4 is 45.7 Å². The molecule has 160 valence electrons. The van der Waals surface area contributed by atoms with Crippen LogP contribution in [0.1, 0.15) is 27.6 Å². The number of hydrogen-bond donors (Lipinski definition) is 2. The number of benzene rings is 3. The third-order valence-electron chi connectivity index (χ3n) is 5.09. The SMILES string of the molecule is CCn1c(=O)c(C(=O)Nc2ccc(Cl)cc2)cc2c(NC(=O)c3ccccc3)cccc21. The lowest BCUT2D eigenvalue weighted by atomic mass is 10.1. The second-order valence-corrected chi connectivity index (χ2v) is 7.56. The van der Waals surface area contributed by atoms with Crippen LogP contribution in [-0.4, -0.2) is 16.4 Å². The molecule has 0 atom stereocenters. The van der Waals surface area contributed by atoms with Crippen molar-refractivity contribution in [2.45, 2.75) is 13.5 Å². The summed E-state index contributed by atoms with van der Waals surface area (Å²) in [5, 5.41) is 6.76. The second-order valence-electron chi connectivity index (χ2n) is 7.13. The van der Waals surface area contributed by atoms with E-state index < -0.39 is 11.5 Å². The van der Waals surface area contributed by atoms with Gasteiger partial charge in [-0.05, 0) is 61.5 Å². The molecule has 0 bridgehead atoms. The fraction of sp³-hybridized carbons (Fsp3) is 0.0800. The van der Waals surface area contributed by atoms with E-state index in [1.807, 2.05) is 13.0 Å². The van der Waals surface area contributed by atoms with Gasteiger partial charge in [0, 0.05) is 28.2 Å². The highest BCUT2D eigenvalue weighted by molar-refractivity contribution is 6.30. The van der Waals surface area contributed by atoms with E-state index in [-0.39, 0.29) is 11.5 Å². The number of fused-ring (bicyclic) bond motifs is 1. The summed E-state index contributed by atoms with van der Waals surface area (Å²) in [7, 11) is 0. The fourth-order valence-corrected chi connectivity index (χ4v) is 3.63. The number of nitrogens with zero attached hydrogens (tertiary/aromatic N) is 1. The first-order valence-corrected chi connectivity index (χ1v) is 10.5. The van der Waals surface area contributed by atoms with Gasteiger partial charge >= 0.3 is 0 Å². The van der Waals surface area contributed by atoms with E-state index in [0.29, 0.717) is 39.4 Å². The molecular weight excluding hydrogens is 426 g/mol. The monoisotopic (exact) mass is 445 g/mol. The lowest BCUT2D eigenvalue weighted by Gasteiger charge is -2.15. The average molecular weight is 446 g/mol. The van der Waals surface area contributed by atoms with Crippen LogP contribution in [0.4, 0.5) is 11.4 Å². The van der Waals surface area contributed by atoms with Gasteiger partial charge in [-0.2, -0.15) is 0 Å². The van der Waals surface area contributed by atoms with Gasteiger partial charge < -0.3 is 15.2 Å². The molecule has 0 saturated carbocycles. The number of hydrogen-bond acceptors (Lipinski definition) is 3. The van der Waals surface area contributed by atoms with Crippen molar-refractivity contribution in [3.05, 3.63) is 105 Å². The van der Waals surface area contributed by atoms with Gasteiger partial charge in [-0.3, -0.25) is 14.4 Å². The van der Waals surface area contributed by atoms with Gasteiger partial charge in [0.15, 0.2) is 0 Å². The maximum absolute atomic E-state index is 13.0. The molecule has 0 radical (unpaired) electrons. The summed E-state index contributed by atoms with van der Waals surface area (Å²) in [6, 6.07) is 22.3. The highest BCUT2D eigenvalue weighted by Gasteiger charge is 2.18. The Balaban J connectivity index is 1.77. The first kappa shape index (κ1) is 21.3. The minimum atomic E-state index is -0.536. The smallest absolute Gasteiger partial charge is 0.263 e. The van der Waals surface area contributed by atoms with Gasteiger partial charge in [0.2, 0.25) is 0 Å². The molecule has 3 aromatic carbocycles. The number of carbonyl (C=O) groups is 2. The van der Waals surface area contributed by atoms with Gasteiger partial charge in [-0.15, -0.1) is 0 Å². The molecule has 32 heavy (non-hydrogen) atoms. The summed E-state index contributed by atoms with van der Waals surface area (Å²) in [5.41, 5.74) is 1.75. The van der Waals surface area contributed by atoms with Crippen molar-refractivity contribution in [1.29, 1.82) is 0 Å². The minimum absolute atomic E-state index is 0.0179. The highest BCUT2D eigenvalue weighted by atomic mass is 35.5. The topological polar surface area (TPSA) is 80.2 Å². The molecule has 2 amide bonds. The van der Waals surface area contributed by atoms with Gasteiger partial charge in [0.05, 0.1) is 11.2 Å². The third-order valence-corrected chi connectivity index (χ3v) is 5.34. The third kappa shape index (κ3) is 4.26. The number of anilines is 2. The molecule has 0 fully saturated rings. The summed E-state index contributed by atoms with van der Waals surface area (Å²) in [4.78, 5) is 38.7. The zero-order valence-corrected chi connectivity index (χ0v) is 18.0. The molecule has 1 aromatic heterocycles. The Kier molecular flexibility index (Phi) is 6.05. The average Bonchev–Trinajstić information content (AvgIpc) is 2.81. The standard InChI is InChI=1S/C25H20ClN3O3/c1-2-29-22-10-6-9-21(28-23(30)16-7-4-3-5-8-16)19(22)15-20(25(29)32)24(31)27-18-13-11-17(26)12-14-18/h3-15H,2H2,1H3,(H,27,31)(H,28,30). The maximum Gasteiger partial charge on any atom is 0.263 e. The number of aromatic nitrogens is 1. The normalized spacial score (nSPS) is 10.7. The minimum Gasteiger partial charge on any atom is -0.322 e. The lowest BCUT2D eigenvalue weighted by Crippen LogP contribution is -2.29. The Morgan fingerprint density at radius 1 is 0.875 bits per heavy atom. The molecule has 0 aliphatic carbocycles. The van der Waals surface area contributed by atoms with E-state index in [4.69, 9.17) is 11.6 Å². The predicted octanol–water partition coefficient (Wildman–Crippen LogP) is 5.18. The summed E-state index contributed by atoms with van der Waals surface area (Å²) < 4.78 is 1.52. The summed E-state index contributed by atoms with van der Waals surface area (Å²) >= 11 is 5.90. The highest BCUT2D eigenvalue weighted by Crippen LogP contribution is 2.25. The Labute approximate surface area is 189 Å². The lowest BCUT2D eigenvalue weighted by molar-refractivity contribution is 0.101. The molecule has 0 spiro atoms. The summed E-state index contributed by atoms with van der Waals surface area (Å²) in [5.74, 6) is -0.815. The fourth-order valence-electron chi connectivity index (χ4n) is 3.50. The Bertz CT molecular complexity index is 1360. The number of rotatable bonds is 5. The number of pyridine rings is 1. The molecule has 4 aromatic rings. The molecule has 0 unspecified atom stereocenters. The molecule has 4 rings (SSSR count). The number of aryl methyl sites for hydroxylation is 1. The Morgan fingerprint density at radius 2 is 1.59 bits per heavy atom. The van der Waals surface area contributed by atoms with Crippen LogP contribution in [0.2, 0.25) is 5.02 Å². The molecular formula is C25H20ClN3O3. The van der Waals surface area contributed by atoms with Crippen LogP contribution >= 0.6 is 11.6 Å². The van der Waals surface area contributed by atoms with Crippen LogP contribution in [-0.2, 0) is 6.54 Å². The molecule has 6 nitrogen and oxygen atoms in total. The van der Waals surface area contributed by atoms with Crippen LogP contribution in [0.25, 0.3) is 10.9 Å². The predicted molar refractivity (Wildman–Crippen MR) is 128 cm³/mol. The quantitative estimate of drug-likeness (QED) is 0.444. The van der Waals surface area contributed by atoms with Crippen LogP contribution in [0.5, 0.6) is 0 Å². The van der Waals surface area contributed by atoms with E-state index >= 15 is 0 Å². The van der Waals surface area contributed by atoms with E-state index in [2.05, 4.69) is 10.6 Å². The van der Waals surface area contributed by atoms with Crippen LogP contribution in [0, 0.1) is 0 Å². The van der Waals surface area contributed by atoms with Gasteiger partial charge in [0.1, 0.15) is 5.56 Å². The molecule has 2 N–H and O–H groups in total. The first-order valence-electron chi connectivity index (χ1n) is 10.1. The van der Waals surface area contributed by atoms with Crippen LogP contribution < -0.4 is 16.2 Å². The zero-order chi connectivity index (χ0) is 22.7. The van der Waals surface area contributed by atoms with E-state index in [9.17, 15) is 14.4 Å². The number of carbonyl (C=O) groups excluding carboxylic acids is 2. The van der Waals surface area contributed by atoms with Gasteiger partial charge in [-0.1, -0.05) is 35.9 Å². The van der Waals surface area contributed by atoms with Crippen molar-refractivity contribution in [3.8, 4) is 0 Å². The molecule has 0 aliphatic heterocycles. The Morgan fingerprint density at radius 3 is 2.28 bits per heavy atom. The largest absolute Gasteiger partial charge is 0.322 e. The summed E-state index contributed by atoms with van der Waals surface area (Å²) in [6.07, 6.45) is 0. The number of nitrogens with one attached hydrogen (secondary N) is 2. The van der Waals surface area contributed by atoms with Crippen molar-refractivity contribution in [1.82, 2.24) is 4.57 Å². The zero-order valence-electron chi connectivity index (χ0n) is 17.3. The molecule has 7 heteroatoms. The molecule has 1 heterocycles. The van der Waals surface area contributed by atoms with Crippen molar-refractivity contribution < 1.29 is 9.59 Å². The van der Waals surface area contributed by atoms with Crippen LogP contribution in [0.3, 0.4) is 0 Å². The van der Waals surface area contributed by atoms with Crippen molar-refractivity contribution in [2.75, 3.05) is 10.6 Å².